The van der Waals surface area contributed by atoms with E-state index in [0.717, 1.165) is 10.6 Å². The van der Waals surface area contributed by atoms with Crippen LogP contribution in [0.2, 0.25) is 0 Å². The van der Waals surface area contributed by atoms with Crippen molar-refractivity contribution in [2.45, 2.75) is 27.2 Å². The molecule has 0 aliphatic carbocycles. The monoisotopic (exact) mass is 317 g/mol. The SMILES string of the molecule is Cc1nc(C(=O)C(C)C)sc1CCOC(=O)c1ccccc1. The van der Waals surface area contributed by atoms with Gasteiger partial charge in [0.1, 0.15) is 0 Å². The van der Waals surface area contributed by atoms with Crippen LogP contribution in [0.5, 0.6) is 0 Å². The molecule has 5 heteroatoms. The molecule has 22 heavy (non-hydrogen) atoms. The minimum atomic E-state index is -0.332. The third-order valence-electron chi connectivity index (χ3n) is 3.20. The Bertz CT molecular complexity index is 662. The van der Waals surface area contributed by atoms with Crippen LogP contribution in [0.15, 0.2) is 30.3 Å². The molecule has 2 rings (SSSR count). The summed E-state index contributed by atoms with van der Waals surface area (Å²) in [6.07, 6.45) is 0.577. The highest BCUT2D eigenvalue weighted by Crippen LogP contribution is 2.21. The summed E-state index contributed by atoms with van der Waals surface area (Å²) in [5.41, 5.74) is 1.38. The van der Waals surface area contributed by atoms with Crippen LogP contribution in [0, 0.1) is 12.8 Å². The van der Waals surface area contributed by atoms with Crippen molar-refractivity contribution in [3.05, 3.63) is 51.5 Å². The number of esters is 1. The molecule has 0 atom stereocenters. The van der Waals surface area contributed by atoms with E-state index in [2.05, 4.69) is 4.98 Å². The van der Waals surface area contributed by atoms with E-state index < -0.39 is 0 Å². The minimum Gasteiger partial charge on any atom is -0.462 e. The van der Waals surface area contributed by atoms with Gasteiger partial charge in [0.2, 0.25) is 0 Å². The zero-order chi connectivity index (χ0) is 16.1. The first-order valence-electron chi connectivity index (χ1n) is 7.21. The van der Waals surface area contributed by atoms with Crippen molar-refractivity contribution in [2.75, 3.05) is 6.61 Å². The molecule has 0 unspecified atom stereocenters. The molecule has 0 bridgehead atoms. The van der Waals surface area contributed by atoms with E-state index >= 15 is 0 Å². The molecule has 0 aliphatic rings. The Balaban J connectivity index is 1.92. The smallest absolute Gasteiger partial charge is 0.338 e. The standard InChI is InChI=1S/C17H19NO3S/c1-11(2)15(19)16-18-12(3)14(22-16)9-10-21-17(20)13-7-5-4-6-8-13/h4-8,11H,9-10H2,1-3H3. The highest BCUT2D eigenvalue weighted by Gasteiger charge is 2.17. The maximum atomic E-state index is 11.9. The van der Waals surface area contributed by atoms with E-state index in [1.54, 1.807) is 24.3 Å². The summed E-state index contributed by atoms with van der Waals surface area (Å²) < 4.78 is 5.26. The van der Waals surface area contributed by atoms with Crippen molar-refractivity contribution in [1.29, 1.82) is 0 Å². The van der Waals surface area contributed by atoms with Crippen molar-refractivity contribution >= 4 is 23.1 Å². The number of aryl methyl sites for hydroxylation is 1. The largest absolute Gasteiger partial charge is 0.462 e. The average molecular weight is 317 g/mol. The van der Waals surface area contributed by atoms with Gasteiger partial charge in [-0.05, 0) is 19.1 Å². The van der Waals surface area contributed by atoms with Gasteiger partial charge in [0.05, 0.1) is 17.9 Å². The van der Waals surface area contributed by atoms with Crippen molar-refractivity contribution in [3.63, 3.8) is 0 Å². The van der Waals surface area contributed by atoms with Gasteiger partial charge in [-0.1, -0.05) is 32.0 Å². The number of ketones is 1. The summed E-state index contributed by atoms with van der Waals surface area (Å²) >= 11 is 1.39. The van der Waals surface area contributed by atoms with Crippen molar-refractivity contribution in [2.24, 2.45) is 5.92 Å². The first kappa shape index (κ1) is 16.4. The Morgan fingerprint density at radius 2 is 1.91 bits per heavy atom. The van der Waals surface area contributed by atoms with Crippen LogP contribution in [0.1, 0.15) is 44.6 Å². The van der Waals surface area contributed by atoms with Gasteiger partial charge in [-0.15, -0.1) is 11.3 Å². The Kier molecular flexibility index (Phi) is 5.44. The van der Waals surface area contributed by atoms with Gasteiger partial charge in [-0.3, -0.25) is 4.79 Å². The summed E-state index contributed by atoms with van der Waals surface area (Å²) in [4.78, 5) is 29.1. The molecule has 0 aliphatic heterocycles. The Morgan fingerprint density at radius 1 is 1.23 bits per heavy atom. The summed E-state index contributed by atoms with van der Waals surface area (Å²) in [5, 5.41) is 0.539. The highest BCUT2D eigenvalue weighted by molar-refractivity contribution is 7.13. The summed E-state index contributed by atoms with van der Waals surface area (Å²) in [6, 6.07) is 8.89. The van der Waals surface area contributed by atoms with Gasteiger partial charge < -0.3 is 4.74 Å². The lowest BCUT2D eigenvalue weighted by Gasteiger charge is -2.03. The van der Waals surface area contributed by atoms with Crippen LogP contribution in [-0.4, -0.2) is 23.3 Å². The van der Waals surface area contributed by atoms with E-state index in [4.69, 9.17) is 4.74 Å². The van der Waals surface area contributed by atoms with Crippen LogP contribution in [0.4, 0.5) is 0 Å². The average Bonchev–Trinajstić information content (AvgIpc) is 2.88. The second-order valence-corrected chi connectivity index (χ2v) is 6.38. The fourth-order valence-corrected chi connectivity index (χ4v) is 3.04. The van der Waals surface area contributed by atoms with Gasteiger partial charge in [-0.2, -0.15) is 0 Å². The Morgan fingerprint density at radius 3 is 2.55 bits per heavy atom. The topological polar surface area (TPSA) is 56.3 Å². The molecule has 0 amide bonds. The fraction of sp³-hybridized carbons (Fsp3) is 0.353. The Labute approximate surface area is 134 Å². The molecule has 116 valence electrons. The van der Waals surface area contributed by atoms with Crippen molar-refractivity contribution < 1.29 is 14.3 Å². The van der Waals surface area contributed by atoms with E-state index in [1.807, 2.05) is 26.8 Å². The van der Waals surface area contributed by atoms with Gasteiger partial charge in [0.15, 0.2) is 10.8 Å². The lowest BCUT2D eigenvalue weighted by atomic mass is 10.1. The highest BCUT2D eigenvalue weighted by atomic mass is 32.1. The van der Waals surface area contributed by atoms with Gasteiger partial charge in [-0.25, -0.2) is 9.78 Å². The number of hydrogen-bond acceptors (Lipinski definition) is 5. The van der Waals surface area contributed by atoms with E-state index in [0.29, 0.717) is 17.0 Å². The molecule has 2 aromatic rings. The second-order valence-electron chi connectivity index (χ2n) is 5.30. The third-order valence-corrected chi connectivity index (χ3v) is 4.43. The predicted molar refractivity (Wildman–Crippen MR) is 86.4 cm³/mol. The number of ether oxygens (including phenoxy) is 1. The van der Waals surface area contributed by atoms with E-state index in [9.17, 15) is 9.59 Å². The zero-order valence-electron chi connectivity index (χ0n) is 13.0. The minimum absolute atomic E-state index is 0.0561. The van der Waals surface area contributed by atoms with Gasteiger partial charge in [0.25, 0.3) is 0 Å². The van der Waals surface area contributed by atoms with Crippen LogP contribution < -0.4 is 0 Å². The molecule has 1 aromatic carbocycles. The zero-order valence-corrected chi connectivity index (χ0v) is 13.8. The quantitative estimate of drug-likeness (QED) is 0.602. The maximum absolute atomic E-state index is 11.9. The summed E-state index contributed by atoms with van der Waals surface area (Å²) in [7, 11) is 0. The number of thiazole rings is 1. The number of rotatable bonds is 6. The van der Waals surface area contributed by atoms with Gasteiger partial charge >= 0.3 is 5.97 Å². The number of aromatic nitrogens is 1. The number of benzene rings is 1. The number of carbonyl (C=O) groups is 2. The molecular formula is C17H19NO3S. The molecule has 0 saturated heterocycles. The van der Waals surface area contributed by atoms with Crippen molar-refractivity contribution in [3.8, 4) is 0 Å². The van der Waals surface area contributed by atoms with Crippen LogP contribution in [0.25, 0.3) is 0 Å². The molecule has 1 aromatic heterocycles. The molecule has 4 nitrogen and oxygen atoms in total. The second kappa shape index (κ2) is 7.31. The lowest BCUT2D eigenvalue weighted by Crippen LogP contribution is -2.07. The Hall–Kier alpha value is -2.01. The molecule has 1 heterocycles. The number of Topliss-reactive ketones (excluding diaryl/α,β-unsaturated/α-hetero) is 1. The third kappa shape index (κ3) is 4.01. The molecule has 0 spiro atoms. The number of nitrogens with zero attached hydrogens (tertiary/aromatic N) is 1. The first-order valence-corrected chi connectivity index (χ1v) is 8.03. The lowest BCUT2D eigenvalue weighted by molar-refractivity contribution is 0.0509. The summed E-state index contributed by atoms with van der Waals surface area (Å²) in [6.45, 7) is 5.88. The van der Waals surface area contributed by atoms with Crippen LogP contribution >= 0.6 is 11.3 Å². The van der Waals surface area contributed by atoms with Gasteiger partial charge in [0, 0.05) is 17.2 Å². The predicted octanol–water partition coefficient (Wildman–Crippen LogP) is 3.69. The molecule has 0 N–H and O–H groups in total. The number of hydrogen-bond donors (Lipinski definition) is 0. The molecule has 0 saturated carbocycles. The number of carbonyl (C=O) groups excluding carboxylic acids is 2. The molecule has 0 radical (unpaired) electrons. The maximum Gasteiger partial charge on any atom is 0.338 e. The fourth-order valence-electron chi connectivity index (χ4n) is 1.91. The van der Waals surface area contributed by atoms with Crippen LogP contribution in [-0.2, 0) is 11.2 Å². The van der Waals surface area contributed by atoms with Crippen LogP contribution in [0.3, 0.4) is 0 Å². The molecule has 0 fully saturated rings. The normalized spacial score (nSPS) is 10.7. The molecular weight excluding hydrogens is 298 g/mol. The van der Waals surface area contributed by atoms with Crippen molar-refractivity contribution in [1.82, 2.24) is 4.98 Å². The summed E-state index contributed by atoms with van der Waals surface area (Å²) in [5.74, 6) is -0.337. The first-order chi connectivity index (χ1) is 10.5. The van der Waals surface area contributed by atoms with E-state index in [-0.39, 0.29) is 24.3 Å². The van der Waals surface area contributed by atoms with E-state index in [1.165, 1.54) is 11.3 Å².